The minimum absolute atomic E-state index is 0.0255. The molecule has 1 saturated carbocycles. The van der Waals surface area contributed by atoms with Crippen LogP contribution in [0.15, 0.2) is 59.2 Å². The molecular formula is C28H26N6O2S. The van der Waals surface area contributed by atoms with Crippen molar-refractivity contribution in [1.29, 1.82) is 0 Å². The van der Waals surface area contributed by atoms with E-state index in [1.165, 1.54) is 11.3 Å². The summed E-state index contributed by atoms with van der Waals surface area (Å²) in [5.74, 6) is 1.09. The van der Waals surface area contributed by atoms with Gasteiger partial charge in [0.05, 0.1) is 11.7 Å². The number of amidine groups is 1. The van der Waals surface area contributed by atoms with E-state index in [1.807, 2.05) is 33.1 Å². The second-order valence-corrected chi connectivity index (χ2v) is 11.3. The van der Waals surface area contributed by atoms with Crippen LogP contribution in [0, 0.1) is 12.8 Å². The quantitative estimate of drug-likeness (QED) is 0.408. The van der Waals surface area contributed by atoms with Gasteiger partial charge in [0.2, 0.25) is 0 Å². The first-order valence-electron chi connectivity index (χ1n) is 12.6. The predicted octanol–water partition coefficient (Wildman–Crippen LogP) is 3.90. The van der Waals surface area contributed by atoms with E-state index in [9.17, 15) is 9.59 Å². The van der Waals surface area contributed by atoms with E-state index in [2.05, 4.69) is 53.4 Å². The molecule has 0 N–H and O–H groups in total. The summed E-state index contributed by atoms with van der Waals surface area (Å²) < 4.78 is 1.88. The molecule has 0 unspecified atom stereocenters. The van der Waals surface area contributed by atoms with Crippen molar-refractivity contribution in [3.63, 3.8) is 0 Å². The lowest BCUT2D eigenvalue weighted by molar-refractivity contribution is -0.129. The molecule has 1 aliphatic carbocycles. The molecule has 2 amide bonds. The van der Waals surface area contributed by atoms with E-state index < -0.39 is 5.54 Å². The van der Waals surface area contributed by atoms with E-state index in [1.54, 1.807) is 6.20 Å². The number of nitrogens with zero attached hydrogens (tertiary/aromatic N) is 6. The molecule has 2 aromatic carbocycles. The fraction of sp³-hybridized carbons (Fsp3) is 0.321. The fourth-order valence-corrected chi connectivity index (χ4v) is 6.09. The van der Waals surface area contributed by atoms with Crippen molar-refractivity contribution in [1.82, 2.24) is 24.6 Å². The van der Waals surface area contributed by atoms with Crippen molar-refractivity contribution < 1.29 is 9.59 Å². The number of aromatic nitrogens is 3. The lowest BCUT2D eigenvalue weighted by Gasteiger charge is -2.40. The highest BCUT2D eigenvalue weighted by Crippen LogP contribution is 2.46. The summed E-state index contributed by atoms with van der Waals surface area (Å²) in [7, 11) is 1.95. The topological polar surface area (TPSA) is 83.7 Å². The van der Waals surface area contributed by atoms with Gasteiger partial charge in [0, 0.05) is 55.1 Å². The van der Waals surface area contributed by atoms with Crippen molar-refractivity contribution in [2.24, 2.45) is 18.0 Å². The number of aryl methyl sites for hydroxylation is 2. The number of carbonyl (C=O) groups is 2. The summed E-state index contributed by atoms with van der Waals surface area (Å²) in [6.07, 6.45) is 5.17. The molecule has 37 heavy (non-hydrogen) atoms. The summed E-state index contributed by atoms with van der Waals surface area (Å²) >= 11 is 1.36. The Bertz CT molecular complexity index is 1590. The van der Waals surface area contributed by atoms with Crippen LogP contribution in [-0.4, -0.2) is 67.4 Å². The van der Waals surface area contributed by atoms with Gasteiger partial charge in [0.15, 0.2) is 5.01 Å². The van der Waals surface area contributed by atoms with Crippen molar-refractivity contribution >= 4 is 39.9 Å². The van der Waals surface area contributed by atoms with Crippen molar-refractivity contribution in [2.75, 3.05) is 19.6 Å². The molecule has 7 rings (SSSR count). The molecule has 0 atom stereocenters. The van der Waals surface area contributed by atoms with E-state index >= 15 is 0 Å². The Morgan fingerprint density at radius 1 is 1.14 bits per heavy atom. The number of carbonyl (C=O) groups excluding carboxylic acids is 2. The molecule has 2 fully saturated rings. The van der Waals surface area contributed by atoms with Crippen LogP contribution in [0.1, 0.15) is 33.8 Å². The Morgan fingerprint density at radius 3 is 2.65 bits per heavy atom. The Kier molecular flexibility index (Phi) is 4.88. The Hall–Kier alpha value is -3.85. The molecule has 186 valence electrons. The number of fused-ring (bicyclic) bond motifs is 1. The van der Waals surface area contributed by atoms with Crippen LogP contribution < -0.4 is 0 Å². The molecule has 4 aromatic rings. The van der Waals surface area contributed by atoms with Gasteiger partial charge in [0.25, 0.3) is 11.8 Å². The summed E-state index contributed by atoms with van der Waals surface area (Å²) in [4.78, 5) is 38.8. The van der Waals surface area contributed by atoms with E-state index in [4.69, 9.17) is 4.99 Å². The number of hydrogen-bond donors (Lipinski definition) is 0. The van der Waals surface area contributed by atoms with Crippen LogP contribution in [0.5, 0.6) is 0 Å². The maximum Gasteiger partial charge on any atom is 0.282 e. The average Bonchev–Trinajstić information content (AvgIpc) is 3.18. The molecule has 2 aromatic heterocycles. The summed E-state index contributed by atoms with van der Waals surface area (Å²) in [5.41, 5.74) is 4.88. The highest BCUT2D eigenvalue weighted by molar-refractivity contribution is 7.11. The zero-order chi connectivity index (χ0) is 25.3. The summed E-state index contributed by atoms with van der Waals surface area (Å²) in [6.45, 7) is 3.94. The first-order valence-corrected chi connectivity index (χ1v) is 13.4. The molecule has 0 radical (unpaired) electrons. The minimum atomic E-state index is -0.564. The van der Waals surface area contributed by atoms with Gasteiger partial charge in [-0.2, -0.15) is 5.10 Å². The molecule has 9 heteroatoms. The zero-order valence-electron chi connectivity index (χ0n) is 20.7. The van der Waals surface area contributed by atoms with Crippen molar-refractivity contribution in [3.05, 3.63) is 70.3 Å². The van der Waals surface area contributed by atoms with Crippen LogP contribution in [-0.2, 0) is 11.8 Å². The van der Waals surface area contributed by atoms with Crippen LogP contribution in [0.25, 0.3) is 22.0 Å². The maximum absolute atomic E-state index is 13.4. The number of thiazole rings is 1. The number of likely N-dealkylation sites (tertiary alicyclic amines) is 1. The van der Waals surface area contributed by atoms with E-state index in [0.29, 0.717) is 24.6 Å². The van der Waals surface area contributed by atoms with Crippen LogP contribution >= 0.6 is 11.3 Å². The Morgan fingerprint density at radius 2 is 1.92 bits per heavy atom. The number of hydrogen-bond acceptors (Lipinski definition) is 6. The van der Waals surface area contributed by atoms with Gasteiger partial charge in [-0.05, 0) is 48.6 Å². The van der Waals surface area contributed by atoms with Gasteiger partial charge in [0.1, 0.15) is 11.4 Å². The molecule has 3 aliphatic rings. The third-order valence-corrected chi connectivity index (χ3v) is 8.55. The molecule has 8 nitrogen and oxygen atoms in total. The van der Waals surface area contributed by atoms with Crippen LogP contribution in [0.3, 0.4) is 0 Å². The standard InChI is InChI=1S/C28H26N6O2S/c1-17-11-19(20-4-6-23-21(12-20)13-30-32(23)2)3-5-22(17)24-31-28(7-8-28)27(36)34(24)16-18-14-33(15-18)26(35)25-29-9-10-37-25/h3-6,9-13,18H,7-8,14-16H2,1-2H3. The van der Waals surface area contributed by atoms with Gasteiger partial charge in [-0.15, -0.1) is 11.3 Å². The van der Waals surface area contributed by atoms with Gasteiger partial charge in [-0.1, -0.05) is 24.3 Å². The van der Waals surface area contributed by atoms with Gasteiger partial charge in [-0.3, -0.25) is 24.2 Å². The lowest BCUT2D eigenvalue weighted by atomic mass is 9.96. The van der Waals surface area contributed by atoms with Gasteiger partial charge < -0.3 is 4.90 Å². The summed E-state index contributed by atoms with van der Waals surface area (Å²) in [6, 6.07) is 12.8. The van der Waals surface area contributed by atoms with Crippen molar-refractivity contribution in [2.45, 2.75) is 25.3 Å². The normalized spacial score (nSPS) is 18.5. The predicted molar refractivity (Wildman–Crippen MR) is 143 cm³/mol. The van der Waals surface area contributed by atoms with Gasteiger partial charge in [-0.25, -0.2) is 4.98 Å². The maximum atomic E-state index is 13.4. The number of aliphatic imine (C=N–C) groups is 1. The number of benzene rings is 2. The first kappa shape index (κ1) is 22.4. The largest absolute Gasteiger partial charge is 0.336 e. The number of amides is 2. The fourth-order valence-electron chi connectivity index (χ4n) is 5.49. The minimum Gasteiger partial charge on any atom is -0.336 e. The summed E-state index contributed by atoms with van der Waals surface area (Å²) in [5, 5.41) is 7.80. The molecular weight excluding hydrogens is 484 g/mol. The number of rotatable bonds is 5. The molecule has 1 saturated heterocycles. The Balaban J connectivity index is 1.12. The molecule has 4 heterocycles. The molecule has 1 spiro atoms. The zero-order valence-corrected chi connectivity index (χ0v) is 21.5. The third-order valence-electron chi connectivity index (χ3n) is 7.79. The molecule has 2 aliphatic heterocycles. The highest BCUT2D eigenvalue weighted by atomic mass is 32.1. The average molecular weight is 511 g/mol. The SMILES string of the molecule is Cc1cc(-c2ccc3c(cnn3C)c2)ccc1C1=NC2(CC2)C(=O)N1CC1CN(C(=O)c2nccs2)C1. The first-order chi connectivity index (χ1) is 17.9. The van der Waals surface area contributed by atoms with Crippen LogP contribution in [0.2, 0.25) is 0 Å². The van der Waals surface area contributed by atoms with E-state index in [0.717, 1.165) is 51.8 Å². The second-order valence-electron chi connectivity index (χ2n) is 10.4. The third kappa shape index (κ3) is 3.60. The lowest BCUT2D eigenvalue weighted by Crippen LogP contribution is -2.55. The van der Waals surface area contributed by atoms with Gasteiger partial charge >= 0.3 is 0 Å². The monoisotopic (exact) mass is 510 g/mol. The second kappa shape index (κ2) is 8.08. The van der Waals surface area contributed by atoms with Crippen molar-refractivity contribution in [3.8, 4) is 11.1 Å². The smallest absolute Gasteiger partial charge is 0.282 e. The van der Waals surface area contributed by atoms with E-state index in [-0.39, 0.29) is 17.7 Å². The van der Waals surface area contributed by atoms with Crippen LogP contribution in [0.4, 0.5) is 0 Å². The highest BCUT2D eigenvalue weighted by Gasteiger charge is 2.58. The molecule has 0 bridgehead atoms. The Labute approximate surface area is 218 Å².